The van der Waals surface area contributed by atoms with Gasteiger partial charge in [-0.05, 0) is 49.5 Å². The third-order valence-corrected chi connectivity index (χ3v) is 6.87. The Bertz CT molecular complexity index is 1080. The standard InChI is InChI=1S/C23H30N4O5S/c1-33(31,32)26(21-10-6-11-22(16-21)27(29)30)15-7-12-23(28)24-17-19-8-2-3-9-20(19)18-25-13-4-5-14-25/h2-3,6,8-11,16H,4-5,7,12-15,17-18H2,1H3,(H,24,28). The molecule has 0 aliphatic carbocycles. The Labute approximate surface area is 194 Å². The molecule has 1 fully saturated rings. The molecule has 2 aromatic carbocycles. The molecule has 0 radical (unpaired) electrons. The van der Waals surface area contributed by atoms with Crippen molar-refractivity contribution in [2.75, 3.05) is 30.2 Å². The molecule has 1 amide bonds. The quantitative estimate of drug-likeness (QED) is 0.396. The maximum Gasteiger partial charge on any atom is 0.271 e. The van der Waals surface area contributed by atoms with Gasteiger partial charge in [0.15, 0.2) is 0 Å². The normalized spacial score (nSPS) is 14.2. The summed E-state index contributed by atoms with van der Waals surface area (Å²) >= 11 is 0. The highest BCUT2D eigenvalue weighted by atomic mass is 32.2. The molecule has 1 heterocycles. The molecule has 0 saturated carbocycles. The first kappa shape index (κ1) is 24.7. The van der Waals surface area contributed by atoms with Gasteiger partial charge < -0.3 is 5.32 Å². The lowest BCUT2D eigenvalue weighted by atomic mass is 10.1. The summed E-state index contributed by atoms with van der Waals surface area (Å²) in [5.41, 5.74) is 2.30. The van der Waals surface area contributed by atoms with Crippen molar-refractivity contribution >= 4 is 27.3 Å². The topological polar surface area (TPSA) is 113 Å². The second-order valence-electron chi connectivity index (χ2n) is 8.24. The highest BCUT2D eigenvalue weighted by molar-refractivity contribution is 7.92. The van der Waals surface area contributed by atoms with E-state index >= 15 is 0 Å². The van der Waals surface area contributed by atoms with Gasteiger partial charge in [0.05, 0.1) is 16.9 Å². The smallest absolute Gasteiger partial charge is 0.271 e. The molecule has 9 nitrogen and oxygen atoms in total. The molecule has 1 aliphatic heterocycles. The predicted octanol–water partition coefficient (Wildman–Crippen LogP) is 3.05. The van der Waals surface area contributed by atoms with E-state index in [2.05, 4.69) is 16.3 Å². The summed E-state index contributed by atoms with van der Waals surface area (Å²) in [7, 11) is -3.66. The SMILES string of the molecule is CS(=O)(=O)N(CCCC(=O)NCc1ccccc1CN1CCCC1)c1cccc([N+](=O)[O-])c1. The molecule has 3 rings (SSSR count). The zero-order valence-corrected chi connectivity index (χ0v) is 19.6. The van der Waals surface area contributed by atoms with Crippen molar-refractivity contribution in [3.63, 3.8) is 0 Å². The minimum absolute atomic E-state index is 0.0545. The zero-order valence-electron chi connectivity index (χ0n) is 18.8. The first-order chi connectivity index (χ1) is 15.7. The van der Waals surface area contributed by atoms with E-state index in [1.54, 1.807) is 0 Å². The van der Waals surface area contributed by atoms with Crippen LogP contribution in [0.15, 0.2) is 48.5 Å². The van der Waals surface area contributed by atoms with Crippen molar-refractivity contribution in [3.8, 4) is 0 Å². The fraction of sp³-hybridized carbons (Fsp3) is 0.435. The highest BCUT2D eigenvalue weighted by Gasteiger charge is 2.20. The van der Waals surface area contributed by atoms with Crippen molar-refractivity contribution in [2.45, 2.75) is 38.8 Å². The summed E-state index contributed by atoms with van der Waals surface area (Å²) in [4.78, 5) is 25.3. The lowest BCUT2D eigenvalue weighted by Gasteiger charge is -2.22. The van der Waals surface area contributed by atoms with E-state index in [0.29, 0.717) is 6.54 Å². The van der Waals surface area contributed by atoms with Crippen molar-refractivity contribution in [1.29, 1.82) is 0 Å². The van der Waals surface area contributed by atoms with E-state index in [1.807, 2.05) is 18.2 Å². The van der Waals surface area contributed by atoms with Crippen LogP contribution in [0.5, 0.6) is 0 Å². The minimum Gasteiger partial charge on any atom is -0.352 e. The predicted molar refractivity (Wildman–Crippen MR) is 127 cm³/mol. The van der Waals surface area contributed by atoms with E-state index < -0.39 is 14.9 Å². The van der Waals surface area contributed by atoms with E-state index in [1.165, 1.54) is 42.7 Å². The van der Waals surface area contributed by atoms with Crippen LogP contribution in [-0.4, -0.2) is 50.0 Å². The number of benzene rings is 2. The summed E-state index contributed by atoms with van der Waals surface area (Å²) in [6, 6.07) is 13.5. The molecule has 0 unspecified atom stereocenters. The van der Waals surface area contributed by atoms with Crippen LogP contribution in [0.1, 0.15) is 36.8 Å². The number of nitrogens with one attached hydrogen (secondary N) is 1. The second kappa shape index (κ2) is 11.2. The number of non-ortho nitro benzene ring substituents is 1. The van der Waals surface area contributed by atoms with E-state index in [-0.39, 0.29) is 36.7 Å². The van der Waals surface area contributed by atoms with Crippen molar-refractivity contribution in [2.24, 2.45) is 0 Å². The lowest BCUT2D eigenvalue weighted by molar-refractivity contribution is -0.384. The van der Waals surface area contributed by atoms with Gasteiger partial charge in [0.2, 0.25) is 15.9 Å². The number of nitro benzene ring substituents is 1. The number of hydrogen-bond donors (Lipinski definition) is 1. The molecule has 1 aliphatic rings. The second-order valence-corrected chi connectivity index (χ2v) is 10.2. The van der Waals surface area contributed by atoms with Gasteiger partial charge in [-0.1, -0.05) is 30.3 Å². The molecule has 0 atom stereocenters. The molecule has 0 spiro atoms. The molecule has 1 N–H and O–H groups in total. The van der Waals surface area contributed by atoms with Crippen molar-refractivity contribution < 1.29 is 18.1 Å². The molecule has 0 bridgehead atoms. The van der Waals surface area contributed by atoms with Gasteiger partial charge in [0.1, 0.15) is 0 Å². The molecular weight excluding hydrogens is 444 g/mol. The van der Waals surface area contributed by atoms with Crippen LogP contribution in [-0.2, 0) is 27.9 Å². The van der Waals surface area contributed by atoms with E-state index in [9.17, 15) is 23.3 Å². The number of sulfonamides is 1. The number of nitro groups is 1. The van der Waals surface area contributed by atoms with Crippen LogP contribution >= 0.6 is 0 Å². The van der Waals surface area contributed by atoms with Crippen molar-refractivity contribution in [1.82, 2.24) is 10.2 Å². The summed E-state index contributed by atoms with van der Waals surface area (Å²) in [5, 5.41) is 13.9. The van der Waals surface area contributed by atoms with Gasteiger partial charge in [0.25, 0.3) is 5.69 Å². The first-order valence-electron chi connectivity index (χ1n) is 11.0. The fourth-order valence-electron chi connectivity index (χ4n) is 3.98. The van der Waals surface area contributed by atoms with Gasteiger partial charge in [0, 0.05) is 38.2 Å². The monoisotopic (exact) mass is 474 g/mol. The minimum atomic E-state index is -3.66. The number of anilines is 1. The molecule has 33 heavy (non-hydrogen) atoms. The Morgan fingerprint density at radius 2 is 1.82 bits per heavy atom. The molecular formula is C23H30N4O5S. The number of carbonyl (C=O) groups excluding carboxylic acids is 1. The molecule has 0 aromatic heterocycles. The third-order valence-electron chi connectivity index (χ3n) is 5.68. The number of nitrogens with zero attached hydrogens (tertiary/aromatic N) is 3. The van der Waals surface area contributed by atoms with Crippen LogP contribution in [0.25, 0.3) is 0 Å². The maximum atomic E-state index is 12.4. The molecule has 2 aromatic rings. The average molecular weight is 475 g/mol. The van der Waals surface area contributed by atoms with Crippen LogP contribution in [0, 0.1) is 10.1 Å². The Morgan fingerprint density at radius 3 is 2.48 bits per heavy atom. The lowest BCUT2D eigenvalue weighted by Crippen LogP contribution is -2.32. The maximum absolute atomic E-state index is 12.4. The molecule has 178 valence electrons. The van der Waals surface area contributed by atoms with Gasteiger partial charge in [-0.25, -0.2) is 8.42 Å². The van der Waals surface area contributed by atoms with Gasteiger partial charge in [-0.15, -0.1) is 0 Å². The van der Waals surface area contributed by atoms with Crippen LogP contribution in [0.3, 0.4) is 0 Å². The third kappa shape index (κ3) is 7.26. The Kier molecular flexibility index (Phi) is 8.40. The number of carbonyl (C=O) groups is 1. The van der Waals surface area contributed by atoms with Gasteiger partial charge >= 0.3 is 0 Å². The number of likely N-dealkylation sites (tertiary alicyclic amines) is 1. The Hall–Kier alpha value is -2.98. The van der Waals surface area contributed by atoms with Gasteiger partial charge in [-0.3, -0.25) is 24.1 Å². The first-order valence-corrected chi connectivity index (χ1v) is 12.9. The Morgan fingerprint density at radius 1 is 1.12 bits per heavy atom. The van der Waals surface area contributed by atoms with Crippen LogP contribution in [0.2, 0.25) is 0 Å². The number of hydrogen-bond acceptors (Lipinski definition) is 6. The van der Waals surface area contributed by atoms with Crippen molar-refractivity contribution in [3.05, 3.63) is 69.8 Å². The highest BCUT2D eigenvalue weighted by Crippen LogP contribution is 2.23. The summed E-state index contributed by atoms with van der Waals surface area (Å²) in [5.74, 6) is -0.168. The van der Waals surface area contributed by atoms with Crippen LogP contribution < -0.4 is 9.62 Å². The summed E-state index contributed by atoms with van der Waals surface area (Å²) < 4.78 is 25.6. The van der Waals surface area contributed by atoms with Gasteiger partial charge in [-0.2, -0.15) is 0 Å². The molecule has 1 saturated heterocycles. The van der Waals surface area contributed by atoms with E-state index in [4.69, 9.17) is 0 Å². The average Bonchev–Trinajstić information content (AvgIpc) is 3.28. The Balaban J connectivity index is 1.54. The van der Waals surface area contributed by atoms with Crippen LogP contribution in [0.4, 0.5) is 11.4 Å². The summed E-state index contributed by atoms with van der Waals surface area (Å²) in [6.45, 7) is 3.55. The molecule has 10 heteroatoms. The summed E-state index contributed by atoms with van der Waals surface area (Å²) in [6.07, 6.45) is 3.93. The van der Waals surface area contributed by atoms with E-state index in [0.717, 1.165) is 35.8 Å². The zero-order chi connectivity index (χ0) is 23.8. The number of rotatable bonds is 11. The fourth-order valence-corrected chi connectivity index (χ4v) is 4.94. The number of amides is 1. The largest absolute Gasteiger partial charge is 0.352 e.